The molecule has 0 spiro atoms. The monoisotopic (exact) mass is 460 g/mol. The first-order valence-electron chi connectivity index (χ1n) is 10.0. The van der Waals surface area contributed by atoms with Crippen LogP contribution in [0.1, 0.15) is 17.0 Å². The Morgan fingerprint density at radius 3 is 2.55 bits per heavy atom. The number of hydrogen-bond donors (Lipinski definition) is 2. The van der Waals surface area contributed by atoms with Gasteiger partial charge in [-0.3, -0.25) is 5.10 Å². The first-order chi connectivity index (χ1) is 15.6. The van der Waals surface area contributed by atoms with Crippen LogP contribution in [0.2, 0.25) is 0 Å². The van der Waals surface area contributed by atoms with Gasteiger partial charge < -0.3 is 19.9 Å². The van der Waals surface area contributed by atoms with E-state index in [4.69, 9.17) is 19.9 Å². The number of aromatic nitrogens is 2. The molecule has 3 N–H and O–H groups in total. The van der Waals surface area contributed by atoms with Crippen molar-refractivity contribution in [3.63, 3.8) is 0 Å². The van der Waals surface area contributed by atoms with E-state index in [-0.39, 0.29) is 23.9 Å². The summed E-state index contributed by atoms with van der Waals surface area (Å²) < 4.78 is 16.8. The molecular weight excluding hydrogens is 440 g/mol. The molecule has 0 radical (unpaired) electrons. The van der Waals surface area contributed by atoms with E-state index in [0.717, 1.165) is 33.2 Å². The average Bonchev–Trinajstić information content (AvgIpc) is 3.25. The maximum Gasteiger partial charge on any atom is 0.244 e. The van der Waals surface area contributed by atoms with E-state index in [1.807, 2.05) is 30.3 Å². The van der Waals surface area contributed by atoms with Gasteiger partial charge in [-0.15, -0.1) is 17.5 Å². The smallest absolute Gasteiger partial charge is 0.244 e. The number of nitrogens with zero attached hydrogens (tertiary/aromatic N) is 2. The lowest BCUT2D eigenvalue weighted by atomic mass is 9.82. The second-order valence-electron chi connectivity index (χ2n) is 7.41. The zero-order valence-electron chi connectivity index (χ0n) is 18.0. The lowest BCUT2D eigenvalue weighted by Crippen LogP contribution is -2.21. The van der Waals surface area contributed by atoms with Crippen molar-refractivity contribution >= 4 is 23.2 Å². The number of hydrogen-bond acceptors (Lipinski definition) is 6. The number of fused-ring (bicyclic) bond motifs is 2. The summed E-state index contributed by atoms with van der Waals surface area (Å²) in [6, 6.07) is 22.0. The molecule has 7 nitrogen and oxygen atoms in total. The van der Waals surface area contributed by atoms with Gasteiger partial charge in [-0.1, -0.05) is 36.4 Å². The summed E-state index contributed by atoms with van der Waals surface area (Å²) in [5, 5.41) is 19.7. The molecule has 1 atom stereocenters. The van der Waals surface area contributed by atoms with Crippen LogP contribution in [-0.2, 0) is 0 Å². The molecule has 166 valence electrons. The molecule has 0 aliphatic carbocycles. The third-order valence-corrected chi connectivity index (χ3v) is 5.72. The summed E-state index contributed by atoms with van der Waals surface area (Å²) in [6.07, 6.45) is 0. The van der Waals surface area contributed by atoms with Gasteiger partial charge in [0, 0.05) is 11.1 Å². The largest absolute Gasteiger partial charge is 0.497 e. The van der Waals surface area contributed by atoms with Crippen LogP contribution in [0.15, 0.2) is 72.1 Å². The van der Waals surface area contributed by atoms with Crippen LogP contribution >= 0.6 is 12.4 Å². The average molecular weight is 461 g/mol. The first kappa shape index (κ1) is 22.1. The molecule has 0 bridgehead atoms. The van der Waals surface area contributed by atoms with Crippen molar-refractivity contribution in [2.24, 2.45) is 5.73 Å². The maximum absolute atomic E-state index is 9.98. The third-order valence-electron chi connectivity index (χ3n) is 5.72. The van der Waals surface area contributed by atoms with Gasteiger partial charge in [-0.2, -0.15) is 5.26 Å². The number of halogens is 1. The molecule has 0 fully saturated rings. The quantitative estimate of drug-likeness (QED) is 0.449. The van der Waals surface area contributed by atoms with Crippen LogP contribution in [0.5, 0.6) is 17.4 Å². The van der Waals surface area contributed by atoms with Crippen molar-refractivity contribution in [1.29, 1.82) is 5.26 Å². The standard InChI is InChI=1S/C25H20N4O3.ClH/c1-30-17-9-10-20(31-2)18(12-17)21-19(13-26)24(27)32-25-22(21)23(28-29-25)16-8-7-14-5-3-4-6-15(14)11-16;/h3-12,21H,27H2,1-2H3,(H,28,29);1H. The second kappa shape index (κ2) is 8.77. The highest BCUT2D eigenvalue weighted by Gasteiger charge is 2.37. The number of nitriles is 1. The number of rotatable bonds is 4. The highest BCUT2D eigenvalue weighted by Crippen LogP contribution is 2.48. The number of nitrogens with one attached hydrogen (secondary N) is 1. The molecule has 33 heavy (non-hydrogen) atoms. The van der Waals surface area contributed by atoms with Gasteiger partial charge in [0.25, 0.3) is 0 Å². The van der Waals surface area contributed by atoms with E-state index in [2.05, 4.69) is 40.5 Å². The van der Waals surface area contributed by atoms with Crippen LogP contribution in [0.25, 0.3) is 22.0 Å². The van der Waals surface area contributed by atoms with Gasteiger partial charge >= 0.3 is 0 Å². The lowest BCUT2D eigenvalue weighted by Gasteiger charge is -2.25. The molecular formula is C25H21ClN4O3. The number of ether oxygens (including phenoxy) is 3. The molecule has 5 rings (SSSR count). The van der Waals surface area contributed by atoms with Crippen LogP contribution in [0.3, 0.4) is 0 Å². The minimum atomic E-state index is -0.547. The Morgan fingerprint density at radius 2 is 1.82 bits per heavy atom. The maximum atomic E-state index is 9.98. The summed E-state index contributed by atoms with van der Waals surface area (Å²) >= 11 is 0. The summed E-state index contributed by atoms with van der Waals surface area (Å²) in [5.74, 6) is 1.05. The number of methoxy groups -OCH3 is 2. The summed E-state index contributed by atoms with van der Waals surface area (Å²) in [5.41, 5.74) is 9.54. The Hall–Kier alpha value is -4.15. The van der Waals surface area contributed by atoms with Crippen LogP contribution < -0.4 is 19.9 Å². The van der Waals surface area contributed by atoms with Crippen molar-refractivity contribution in [2.45, 2.75) is 5.92 Å². The summed E-state index contributed by atoms with van der Waals surface area (Å²) in [7, 11) is 3.18. The molecule has 1 aromatic heterocycles. The Balaban J connectivity index is 0.00000259. The van der Waals surface area contributed by atoms with E-state index in [0.29, 0.717) is 17.4 Å². The van der Waals surface area contributed by atoms with Crippen molar-refractivity contribution in [3.8, 4) is 34.7 Å². The summed E-state index contributed by atoms with van der Waals surface area (Å²) in [4.78, 5) is 0. The minimum absolute atomic E-state index is 0. The van der Waals surface area contributed by atoms with Crippen molar-refractivity contribution in [1.82, 2.24) is 10.2 Å². The van der Waals surface area contributed by atoms with E-state index in [1.54, 1.807) is 20.3 Å². The van der Waals surface area contributed by atoms with Crippen molar-refractivity contribution in [2.75, 3.05) is 14.2 Å². The number of allylic oxidation sites excluding steroid dienone is 1. The zero-order chi connectivity index (χ0) is 22.2. The molecule has 3 aromatic carbocycles. The molecule has 0 saturated carbocycles. The SMILES string of the molecule is COc1ccc(OC)c(C2C(C#N)=C(N)Oc3n[nH]c(-c4ccc5ccccc5c4)c32)c1.Cl. The van der Waals surface area contributed by atoms with Crippen LogP contribution in [-0.4, -0.2) is 24.4 Å². The third kappa shape index (κ3) is 3.60. The Bertz CT molecular complexity index is 1420. The van der Waals surface area contributed by atoms with E-state index < -0.39 is 5.92 Å². The molecule has 1 aliphatic rings. The van der Waals surface area contributed by atoms with E-state index >= 15 is 0 Å². The fourth-order valence-corrected chi connectivity index (χ4v) is 4.19. The molecule has 8 heteroatoms. The van der Waals surface area contributed by atoms with E-state index in [9.17, 15) is 5.26 Å². The zero-order valence-corrected chi connectivity index (χ0v) is 18.8. The Kier molecular flexibility index (Phi) is 5.86. The topological polar surface area (TPSA) is 106 Å². The molecule has 0 amide bonds. The number of benzene rings is 3. The van der Waals surface area contributed by atoms with Gasteiger partial charge in [0.15, 0.2) is 0 Å². The molecule has 1 aliphatic heterocycles. The van der Waals surface area contributed by atoms with Gasteiger partial charge in [-0.05, 0) is 35.0 Å². The fourth-order valence-electron chi connectivity index (χ4n) is 4.19. The lowest BCUT2D eigenvalue weighted by molar-refractivity contribution is 0.373. The normalized spacial score (nSPS) is 14.6. The number of nitrogens with two attached hydrogens (primary N) is 1. The molecule has 0 saturated heterocycles. The van der Waals surface area contributed by atoms with Crippen LogP contribution in [0, 0.1) is 11.3 Å². The number of aromatic amines is 1. The predicted octanol–water partition coefficient (Wildman–Crippen LogP) is 4.89. The van der Waals surface area contributed by atoms with Crippen molar-refractivity contribution in [3.05, 3.63) is 83.2 Å². The Labute approximate surface area is 196 Å². The molecule has 1 unspecified atom stereocenters. The highest BCUT2D eigenvalue weighted by molar-refractivity contribution is 5.88. The molecule has 2 heterocycles. The Morgan fingerprint density at radius 1 is 1.03 bits per heavy atom. The second-order valence-corrected chi connectivity index (χ2v) is 7.41. The van der Waals surface area contributed by atoms with Gasteiger partial charge in [0.1, 0.15) is 23.1 Å². The van der Waals surface area contributed by atoms with Crippen molar-refractivity contribution < 1.29 is 14.2 Å². The first-order valence-corrected chi connectivity index (χ1v) is 10.0. The van der Waals surface area contributed by atoms with E-state index in [1.165, 1.54) is 0 Å². The summed E-state index contributed by atoms with van der Waals surface area (Å²) in [6.45, 7) is 0. The van der Waals surface area contributed by atoms with Gasteiger partial charge in [0.2, 0.25) is 11.8 Å². The fraction of sp³-hybridized carbons (Fsp3) is 0.120. The predicted molar refractivity (Wildman–Crippen MR) is 128 cm³/mol. The highest BCUT2D eigenvalue weighted by atomic mass is 35.5. The van der Waals surface area contributed by atoms with Gasteiger partial charge in [-0.25, -0.2) is 0 Å². The minimum Gasteiger partial charge on any atom is -0.497 e. The van der Waals surface area contributed by atoms with Gasteiger partial charge in [0.05, 0.1) is 31.4 Å². The number of H-pyrrole nitrogens is 1. The van der Waals surface area contributed by atoms with Crippen LogP contribution in [0.4, 0.5) is 0 Å². The molecule has 4 aromatic rings.